The van der Waals surface area contributed by atoms with E-state index in [0.717, 1.165) is 11.1 Å². The van der Waals surface area contributed by atoms with Crippen molar-refractivity contribution in [3.63, 3.8) is 0 Å². The first kappa shape index (κ1) is 15.3. The fourth-order valence-electron chi connectivity index (χ4n) is 2.73. The lowest BCUT2D eigenvalue weighted by molar-refractivity contribution is 0.0919. The SMILES string of the molecule is Cc1ccc2cc(C(=O)NCc3ccc4c(c3)OCO4)oc(=O)c2c1. The fraction of sp³-hybridized carbons (Fsp3) is 0.158. The van der Waals surface area contributed by atoms with Crippen LogP contribution in [0.5, 0.6) is 11.5 Å². The number of nitrogens with one attached hydrogen (secondary N) is 1. The van der Waals surface area contributed by atoms with Gasteiger partial charge in [-0.05, 0) is 42.1 Å². The zero-order chi connectivity index (χ0) is 17.4. The number of ether oxygens (including phenoxy) is 2. The summed E-state index contributed by atoms with van der Waals surface area (Å²) in [7, 11) is 0. The maximum absolute atomic E-state index is 12.3. The normalized spacial score (nSPS) is 12.4. The van der Waals surface area contributed by atoms with E-state index in [1.54, 1.807) is 24.3 Å². The topological polar surface area (TPSA) is 77.8 Å². The van der Waals surface area contributed by atoms with Crippen LogP contribution in [0.3, 0.4) is 0 Å². The molecule has 0 spiro atoms. The molecular weight excluding hydrogens is 322 g/mol. The minimum Gasteiger partial charge on any atom is -0.454 e. The van der Waals surface area contributed by atoms with Gasteiger partial charge in [0.2, 0.25) is 6.79 Å². The van der Waals surface area contributed by atoms with E-state index in [-0.39, 0.29) is 19.1 Å². The number of hydrogen-bond donors (Lipinski definition) is 1. The number of benzene rings is 2. The Balaban J connectivity index is 1.54. The van der Waals surface area contributed by atoms with Crippen LogP contribution in [0.25, 0.3) is 10.8 Å². The average Bonchev–Trinajstić information content (AvgIpc) is 3.08. The predicted molar refractivity (Wildman–Crippen MR) is 91.0 cm³/mol. The number of hydrogen-bond acceptors (Lipinski definition) is 5. The van der Waals surface area contributed by atoms with Gasteiger partial charge in [-0.1, -0.05) is 23.8 Å². The molecule has 0 atom stereocenters. The van der Waals surface area contributed by atoms with E-state index in [1.165, 1.54) is 0 Å². The molecule has 1 aliphatic heterocycles. The van der Waals surface area contributed by atoms with Gasteiger partial charge in [0, 0.05) is 6.54 Å². The van der Waals surface area contributed by atoms with Crippen LogP contribution in [-0.2, 0) is 6.54 Å². The Hall–Kier alpha value is -3.28. The summed E-state index contributed by atoms with van der Waals surface area (Å²) >= 11 is 0. The van der Waals surface area contributed by atoms with Gasteiger partial charge >= 0.3 is 5.63 Å². The molecule has 6 heteroatoms. The Kier molecular flexibility index (Phi) is 3.65. The van der Waals surface area contributed by atoms with E-state index in [9.17, 15) is 9.59 Å². The molecule has 0 unspecified atom stereocenters. The largest absolute Gasteiger partial charge is 0.454 e. The minimum atomic E-state index is -0.519. The first-order valence-electron chi connectivity index (χ1n) is 7.81. The van der Waals surface area contributed by atoms with E-state index < -0.39 is 11.5 Å². The molecule has 126 valence electrons. The summed E-state index contributed by atoms with van der Waals surface area (Å²) in [5.74, 6) is 0.879. The number of aryl methyl sites for hydroxylation is 1. The molecule has 1 aromatic heterocycles. The molecule has 0 fully saturated rings. The van der Waals surface area contributed by atoms with Gasteiger partial charge in [0.1, 0.15) is 0 Å². The summed E-state index contributed by atoms with van der Waals surface area (Å²) in [6.45, 7) is 2.38. The van der Waals surface area contributed by atoms with Crippen molar-refractivity contribution in [2.24, 2.45) is 0 Å². The number of carbonyl (C=O) groups is 1. The standard InChI is InChI=1S/C19H15NO5/c1-11-2-4-13-8-17(25-19(22)14(13)6-11)18(21)20-9-12-3-5-15-16(7-12)24-10-23-15/h2-8H,9-10H2,1H3,(H,20,21). The lowest BCUT2D eigenvalue weighted by Crippen LogP contribution is -2.24. The highest BCUT2D eigenvalue weighted by molar-refractivity contribution is 5.95. The van der Waals surface area contributed by atoms with E-state index in [0.29, 0.717) is 22.3 Å². The molecule has 0 radical (unpaired) electrons. The highest BCUT2D eigenvalue weighted by Gasteiger charge is 2.15. The number of amides is 1. The lowest BCUT2D eigenvalue weighted by Gasteiger charge is -2.06. The Morgan fingerprint density at radius 3 is 2.80 bits per heavy atom. The van der Waals surface area contributed by atoms with E-state index in [4.69, 9.17) is 13.9 Å². The zero-order valence-corrected chi connectivity index (χ0v) is 13.5. The second-order valence-electron chi connectivity index (χ2n) is 5.86. The quantitative estimate of drug-likeness (QED) is 0.795. The van der Waals surface area contributed by atoms with Crippen LogP contribution >= 0.6 is 0 Å². The zero-order valence-electron chi connectivity index (χ0n) is 13.5. The van der Waals surface area contributed by atoms with Crippen molar-refractivity contribution >= 4 is 16.7 Å². The molecule has 3 aromatic rings. The average molecular weight is 337 g/mol. The van der Waals surface area contributed by atoms with Crippen molar-refractivity contribution < 1.29 is 18.7 Å². The van der Waals surface area contributed by atoms with E-state index in [1.807, 2.05) is 25.1 Å². The van der Waals surface area contributed by atoms with Gasteiger partial charge in [0.15, 0.2) is 17.3 Å². The molecule has 4 rings (SSSR count). The van der Waals surface area contributed by atoms with Crippen molar-refractivity contribution in [1.29, 1.82) is 0 Å². The van der Waals surface area contributed by atoms with Gasteiger partial charge in [-0.25, -0.2) is 4.79 Å². The highest BCUT2D eigenvalue weighted by Crippen LogP contribution is 2.32. The van der Waals surface area contributed by atoms with Crippen LogP contribution in [0, 0.1) is 6.92 Å². The molecule has 2 aromatic carbocycles. The number of carbonyl (C=O) groups excluding carboxylic acids is 1. The minimum absolute atomic E-state index is 0.0119. The summed E-state index contributed by atoms with van der Waals surface area (Å²) in [5.41, 5.74) is 1.30. The summed E-state index contributed by atoms with van der Waals surface area (Å²) in [6.07, 6.45) is 0. The first-order chi connectivity index (χ1) is 12.1. The van der Waals surface area contributed by atoms with Crippen LogP contribution in [0.1, 0.15) is 21.7 Å². The van der Waals surface area contributed by atoms with Crippen LogP contribution in [0.4, 0.5) is 0 Å². The third-order valence-corrected chi connectivity index (χ3v) is 4.03. The summed E-state index contributed by atoms with van der Waals surface area (Å²) in [4.78, 5) is 24.4. The second-order valence-corrected chi connectivity index (χ2v) is 5.86. The first-order valence-corrected chi connectivity index (χ1v) is 7.81. The fourth-order valence-corrected chi connectivity index (χ4v) is 2.73. The molecule has 0 saturated heterocycles. The second kappa shape index (κ2) is 5.98. The van der Waals surface area contributed by atoms with Gasteiger partial charge in [-0.3, -0.25) is 4.79 Å². The van der Waals surface area contributed by atoms with Crippen LogP contribution in [0.15, 0.2) is 51.7 Å². The molecule has 0 bridgehead atoms. The smallest absolute Gasteiger partial charge is 0.344 e. The molecule has 25 heavy (non-hydrogen) atoms. The summed E-state index contributed by atoms with van der Waals surface area (Å²) in [6, 6.07) is 12.4. The van der Waals surface area contributed by atoms with Gasteiger partial charge in [-0.2, -0.15) is 0 Å². The molecule has 0 aliphatic carbocycles. The molecule has 1 aliphatic rings. The van der Waals surface area contributed by atoms with E-state index in [2.05, 4.69) is 5.32 Å². The maximum Gasteiger partial charge on any atom is 0.344 e. The Bertz CT molecular complexity index is 1040. The Morgan fingerprint density at radius 2 is 1.92 bits per heavy atom. The van der Waals surface area contributed by atoms with Gasteiger partial charge < -0.3 is 19.2 Å². The third-order valence-electron chi connectivity index (χ3n) is 4.03. The van der Waals surface area contributed by atoms with E-state index >= 15 is 0 Å². The predicted octanol–water partition coefficient (Wildman–Crippen LogP) is 2.76. The molecule has 1 N–H and O–H groups in total. The van der Waals surface area contributed by atoms with Crippen LogP contribution in [-0.4, -0.2) is 12.7 Å². The van der Waals surface area contributed by atoms with Crippen molar-refractivity contribution in [2.75, 3.05) is 6.79 Å². The molecule has 1 amide bonds. The van der Waals surface area contributed by atoms with Crippen molar-refractivity contribution in [1.82, 2.24) is 5.32 Å². The Labute approximate surface area is 143 Å². The number of fused-ring (bicyclic) bond motifs is 2. The van der Waals surface area contributed by atoms with Gasteiger partial charge in [0.25, 0.3) is 5.91 Å². The van der Waals surface area contributed by atoms with Gasteiger partial charge in [-0.15, -0.1) is 0 Å². The monoisotopic (exact) mass is 337 g/mol. The van der Waals surface area contributed by atoms with Crippen molar-refractivity contribution in [2.45, 2.75) is 13.5 Å². The molecule has 2 heterocycles. The summed E-state index contributed by atoms with van der Waals surface area (Å²) < 4.78 is 15.7. The van der Waals surface area contributed by atoms with Crippen LogP contribution < -0.4 is 20.4 Å². The Morgan fingerprint density at radius 1 is 1.08 bits per heavy atom. The van der Waals surface area contributed by atoms with Gasteiger partial charge in [0.05, 0.1) is 5.39 Å². The summed E-state index contributed by atoms with van der Waals surface area (Å²) in [5, 5.41) is 3.88. The molecular formula is C19H15NO5. The maximum atomic E-state index is 12.3. The third kappa shape index (κ3) is 2.94. The number of rotatable bonds is 3. The highest BCUT2D eigenvalue weighted by atomic mass is 16.7. The van der Waals surface area contributed by atoms with Crippen molar-refractivity contribution in [3.8, 4) is 11.5 Å². The molecule has 0 saturated carbocycles. The lowest BCUT2D eigenvalue weighted by atomic mass is 10.1. The van der Waals surface area contributed by atoms with Crippen LogP contribution in [0.2, 0.25) is 0 Å². The van der Waals surface area contributed by atoms with Crippen molar-refractivity contribution in [3.05, 3.63) is 69.8 Å². The molecule has 6 nitrogen and oxygen atoms in total.